The zero-order chi connectivity index (χ0) is 14.3. The molecule has 0 saturated heterocycles. The second kappa shape index (κ2) is 5.30. The van der Waals surface area contributed by atoms with E-state index in [2.05, 4.69) is 17.2 Å². The van der Waals surface area contributed by atoms with Crippen LogP contribution in [0.25, 0.3) is 0 Å². The summed E-state index contributed by atoms with van der Waals surface area (Å²) in [5.74, 6) is 2.15. The van der Waals surface area contributed by atoms with Crippen molar-refractivity contribution in [2.24, 2.45) is 17.8 Å². The lowest BCUT2D eigenvalue weighted by atomic mass is 9.93. The van der Waals surface area contributed by atoms with Gasteiger partial charge in [-0.2, -0.15) is 13.2 Å². The molecule has 0 spiro atoms. The van der Waals surface area contributed by atoms with Gasteiger partial charge < -0.3 is 5.32 Å². The van der Waals surface area contributed by atoms with Crippen LogP contribution in [0.4, 0.5) is 13.2 Å². The first kappa shape index (κ1) is 14.3. The summed E-state index contributed by atoms with van der Waals surface area (Å²) in [5.41, 5.74) is 0. The quantitative estimate of drug-likeness (QED) is 0.879. The van der Waals surface area contributed by atoms with E-state index in [4.69, 9.17) is 0 Å². The molecule has 0 amide bonds. The fraction of sp³-hybridized carbons (Fsp3) is 0.786. The summed E-state index contributed by atoms with van der Waals surface area (Å²) in [4.78, 5) is 4.32. The first-order valence-electron chi connectivity index (χ1n) is 7.25. The van der Waals surface area contributed by atoms with Crippen molar-refractivity contribution < 1.29 is 13.2 Å². The van der Waals surface area contributed by atoms with Crippen LogP contribution >= 0.6 is 11.3 Å². The van der Waals surface area contributed by atoms with Crippen molar-refractivity contribution in [1.82, 2.24) is 10.3 Å². The molecule has 0 aromatic carbocycles. The van der Waals surface area contributed by atoms with Crippen LogP contribution in [0.15, 0.2) is 6.20 Å². The molecule has 3 atom stereocenters. The minimum atomic E-state index is -4.32. The summed E-state index contributed by atoms with van der Waals surface area (Å²) in [6, 6.07) is 0.0522. The first-order valence-corrected chi connectivity index (χ1v) is 8.07. The molecule has 1 N–H and O–H groups in total. The topological polar surface area (TPSA) is 24.9 Å². The smallest absolute Gasteiger partial charge is 0.309 e. The Morgan fingerprint density at radius 2 is 2.05 bits per heavy atom. The highest BCUT2D eigenvalue weighted by Crippen LogP contribution is 2.57. The summed E-state index contributed by atoms with van der Waals surface area (Å²) >= 11 is 0.803. The van der Waals surface area contributed by atoms with Gasteiger partial charge in [0.15, 0.2) is 5.01 Å². The van der Waals surface area contributed by atoms with Gasteiger partial charge in [-0.15, -0.1) is 11.3 Å². The normalized spacial score (nSPS) is 30.3. The molecule has 0 aliphatic heterocycles. The highest BCUT2D eigenvalue weighted by Gasteiger charge is 2.48. The van der Waals surface area contributed by atoms with Crippen LogP contribution in [0.3, 0.4) is 0 Å². The van der Waals surface area contributed by atoms with Crippen molar-refractivity contribution in [2.45, 2.75) is 44.8 Å². The summed E-state index contributed by atoms with van der Waals surface area (Å²) < 4.78 is 38.1. The van der Waals surface area contributed by atoms with Gasteiger partial charge in [-0.25, -0.2) is 4.98 Å². The maximum Gasteiger partial charge on any atom is 0.443 e. The van der Waals surface area contributed by atoms with Crippen LogP contribution in [0, 0.1) is 17.8 Å². The lowest BCUT2D eigenvalue weighted by molar-refractivity contribution is -0.137. The molecule has 2 aliphatic rings. The Bertz CT molecular complexity index is 461. The summed E-state index contributed by atoms with van der Waals surface area (Å²) in [7, 11) is 0. The van der Waals surface area contributed by atoms with E-state index in [1.54, 1.807) is 0 Å². The number of aromatic nitrogens is 1. The van der Waals surface area contributed by atoms with Crippen molar-refractivity contribution in [2.75, 3.05) is 6.54 Å². The van der Waals surface area contributed by atoms with Gasteiger partial charge in [0, 0.05) is 17.1 Å². The lowest BCUT2D eigenvalue weighted by Gasteiger charge is -2.24. The van der Waals surface area contributed by atoms with Gasteiger partial charge in [-0.1, -0.05) is 6.92 Å². The fourth-order valence-corrected chi connectivity index (χ4v) is 4.35. The van der Waals surface area contributed by atoms with Gasteiger partial charge >= 0.3 is 6.18 Å². The number of nitrogens with zero attached hydrogens (tertiary/aromatic N) is 1. The summed E-state index contributed by atoms with van der Waals surface area (Å²) in [6.07, 6.45) is 1.73. The van der Waals surface area contributed by atoms with E-state index in [0.29, 0.717) is 5.92 Å². The van der Waals surface area contributed by atoms with Gasteiger partial charge in [-0.05, 0) is 50.0 Å². The number of fused-ring (bicyclic) bond motifs is 1. The monoisotopic (exact) mass is 304 g/mol. The Labute approximate surface area is 120 Å². The van der Waals surface area contributed by atoms with Crippen molar-refractivity contribution in [1.29, 1.82) is 0 Å². The Morgan fingerprint density at radius 1 is 1.35 bits per heavy atom. The number of alkyl halides is 3. The maximum absolute atomic E-state index is 12.7. The van der Waals surface area contributed by atoms with Crippen LogP contribution in [0.2, 0.25) is 0 Å². The highest BCUT2D eigenvalue weighted by molar-refractivity contribution is 7.11. The zero-order valence-corrected chi connectivity index (χ0v) is 12.2. The molecule has 112 valence electrons. The Balaban J connectivity index is 1.75. The number of hydrogen-bond acceptors (Lipinski definition) is 3. The largest absolute Gasteiger partial charge is 0.443 e. The molecule has 0 radical (unpaired) electrons. The lowest BCUT2D eigenvalue weighted by Crippen LogP contribution is -2.27. The third-order valence-corrected chi connectivity index (χ3v) is 5.56. The van der Waals surface area contributed by atoms with Gasteiger partial charge in [0.05, 0.1) is 0 Å². The third-order valence-electron chi connectivity index (χ3n) is 4.44. The van der Waals surface area contributed by atoms with Crippen LogP contribution in [-0.4, -0.2) is 11.5 Å². The number of thiazole rings is 1. The Kier molecular flexibility index (Phi) is 3.79. The first-order chi connectivity index (χ1) is 9.49. The number of nitrogens with one attached hydrogen (secondary N) is 1. The molecular formula is C14H19F3N2S. The average Bonchev–Trinajstić information content (AvgIpc) is 2.81. The third kappa shape index (κ3) is 2.86. The number of rotatable bonds is 5. The molecule has 2 nitrogen and oxygen atoms in total. The summed E-state index contributed by atoms with van der Waals surface area (Å²) in [6.45, 7) is 2.92. The Morgan fingerprint density at radius 3 is 2.60 bits per heavy atom. The molecule has 2 aliphatic carbocycles. The second-order valence-electron chi connectivity index (χ2n) is 5.98. The molecule has 6 heteroatoms. The zero-order valence-electron chi connectivity index (χ0n) is 11.4. The molecule has 1 aromatic heterocycles. The van der Waals surface area contributed by atoms with E-state index in [0.717, 1.165) is 53.9 Å². The SMILES string of the molecule is CCCNC(c1cnc(C(F)(F)F)s1)C1CC2CC2C1. The minimum Gasteiger partial charge on any atom is -0.309 e. The minimum absolute atomic E-state index is 0.0522. The fourth-order valence-electron chi connectivity index (χ4n) is 3.39. The van der Waals surface area contributed by atoms with E-state index in [1.807, 2.05) is 0 Å². The molecule has 2 saturated carbocycles. The predicted molar refractivity (Wildman–Crippen MR) is 72.5 cm³/mol. The molecular weight excluding hydrogens is 285 g/mol. The number of hydrogen-bond donors (Lipinski definition) is 1. The summed E-state index contributed by atoms with van der Waals surface area (Å²) in [5, 5.41) is 2.71. The van der Waals surface area contributed by atoms with Gasteiger partial charge in [-0.3, -0.25) is 0 Å². The van der Waals surface area contributed by atoms with E-state index in [-0.39, 0.29) is 6.04 Å². The van der Waals surface area contributed by atoms with Crippen LogP contribution in [0.5, 0.6) is 0 Å². The van der Waals surface area contributed by atoms with Gasteiger partial charge in [0.2, 0.25) is 0 Å². The van der Waals surface area contributed by atoms with Crippen molar-refractivity contribution in [3.8, 4) is 0 Å². The molecule has 3 rings (SSSR count). The predicted octanol–water partition coefficient (Wildman–Crippen LogP) is 4.25. The highest BCUT2D eigenvalue weighted by atomic mass is 32.1. The molecule has 1 heterocycles. The van der Waals surface area contributed by atoms with Crippen LogP contribution < -0.4 is 5.32 Å². The van der Waals surface area contributed by atoms with E-state index < -0.39 is 11.2 Å². The molecule has 1 aromatic rings. The maximum atomic E-state index is 12.7. The average molecular weight is 304 g/mol. The van der Waals surface area contributed by atoms with E-state index in [1.165, 1.54) is 12.6 Å². The van der Waals surface area contributed by atoms with Crippen LogP contribution in [-0.2, 0) is 6.18 Å². The molecule has 3 unspecified atom stereocenters. The second-order valence-corrected chi connectivity index (χ2v) is 7.05. The van der Waals surface area contributed by atoms with Crippen molar-refractivity contribution in [3.63, 3.8) is 0 Å². The Hall–Kier alpha value is -0.620. The molecule has 20 heavy (non-hydrogen) atoms. The van der Waals surface area contributed by atoms with E-state index in [9.17, 15) is 13.2 Å². The van der Waals surface area contributed by atoms with Gasteiger partial charge in [0.25, 0.3) is 0 Å². The number of halogens is 3. The van der Waals surface area contributed by atoms with Crippen LogP contribution in [0.1, 0.15) is 48.5 Å². The molecule has 2 fully saturated rings. The van der Waals surface area contributed by atoms with Crippen molar-refractivity contribution in [3.05, 3.63) is 16.1 Å². The standard InChI is InChI=1S/C14H19F3N2S/c1-2-3-18-12(10-5-8-4-9(8)6-10)11-7-19-13(20-11)14(15,16)17/h7-10,12,18H,2-6H2,1H3. The van der Waals surface area contributed by atoms with Crippen molar-refractivity contribution >= 4 is 11.3 Å². The van der Waals surface area contributed by atoms with E-state index >= 15 is 0 Å². The molecule has 0 bridgehead atoms. The van der Waals surface area contributed by atoms with Gasteiger partial charge in [0.1, 0.15) is 0 Å².